The highest BCUT2D eigenvalue weighted by molar-refractivity contribution is 5.95. The fraction of sp³-hybridized carbons (Fsp3) is 0.133. The summed E-state index contributed by atoms with van der Waals surface area (Å²) in [5.41, 5.74) is 2.68. The van der Waals surface area contributed by atoms with E-state index in [1.54, 1.807) is 24.4 Å². The molecule has 0 radical (unpaired) electrons. The standard InChI is InChI=1S/C15H12N4O/c1-9-17-14(10-4-3-5-12(20)6-10)13-11(7-16)8-19(2)15(13)18-9/h3-6,8,20H,1-2H3. The van der Waals surface area contributed by atoms with Gasteiger partial charge in [-0.05, 0) is 19.1 Å². The Morgan fingerprint density at radius 3 is 2.80 bits per heavy atom. The minimum Gasteiger partial charge on any atom is -0.508 e. The molecule has 2 aromatic heterocycles. The molecule has 5 heteroatoms. The molecule has 3 aromatic rings. The van der Waals surface area contributed by atoms with Crippen LogP contribution >= 0.6 is 0 Å². The highest BCUT2D eigenvalue weighted by Gasteiger charge is 2.16. The predicted octanol–water partition coefficient (Wildman–Crippen LogP) is 2.52. The van der Waals surface area contributed by atoms with Crippen molar-refractivity contribution in [3.8, 4) is 23.1 Å². The van der Waals surface area contributed by atoms with Crippen molar-refractivity contribution in [2.45, 2.75) is 6.92 Å². The zero-order valence-electron chi connectivity index (χ0n) is 11.1. The second-order valence-corrected chi connectivity index (χ2v) is 4.63. The van der Waals surface area contributed by atoms with Gasteiger partial charge in [-0.3, -0.25) is 0 Å². The molecule has 0 atom stereocenters. The Labute approximate surface area is 115 Å². The van der Waals surface area contributed by atoms with Crippen LogP contribution in [0.4, 0.5) is 0 Å². The fourth-order valence-electron chi connectivity index (χ4n) is 2.33. The Morgan fingerprint density at radius 1 is 1.30 bits per heavy atom. The van der Waals surface area contributed by atoms with E-state index in [9.17, 15) is 10.4 Å². The lowest BCUT2D eigenvalue weighted by atomic mass is 10.1. The third-order valence-electron chi connectivity index (χ3n) is 3.17. The third kappa shape index (κ3) is 1.79. The number of phenolic OH excluding ortho intramolecular Hbond substituents is 1. The van der Waals surface area contributed by atoms with E-state index >= 15 is 0 Å². The summed E-state index contributed by atoms with van der Waals surface area (Å²) in [5, 5.41) is 19.6. The summed E-state index contributed by atoms with van der Waals surface area (Å²) in [6, 6.07) is 9.02. The first-order valence-corrected chi connectivity index (χ1v) is 6.13. The van der Waals surface area contributed by atoms with Gasteiger partial charge in [0.05, 0.1) is 16.6 Å². The number of aryl methyl sites for hydroxylation is 2. The van der Waals surface area contributed by atoms with Crippen LogP contribution in [0.2, 0.25) is 0 Å². The van der Waals surface area contributed by atoms with Gasteiger partial charge in [-0.15, -0.1) is 0 Å². The zero-order chi connectivity index (χ0) is 14.3. The second kappa shape index (κ2) is 4.35. The van der Waals surface area contributed by atoms with Gasteiger partial charge in [0, 0.05) is 18.8 Å². The van der Waals surface area contributed by atoms with E-state index in [0.29, 0.717) is 28.1 Å². The maximum atomic E-state index is 9.63. The highest BCUT2D eigenvalue weighted by atomic mass is 16.3. The predicted molar refractivity (Wildman–Crippen MR) is 75.1 cm³/mol. The van der Waals surface area contributed by atoms with Crippen LogP contribution < -0.4 is 0 Å². The average Bonchev–Trinajstić information content (AvgIpc) is 2.75. The van der Waals surface area contributed by atoms with E-state index < -0.39 is 0 Å². The van der Waals surface area contributed by atoms with Crippen LogP contribution in [0, 0.1) is 18.3 Å². The van der Waals surface area contributed by atoms with Crippen LogP contribution in [0.3, 0.4) is 0 Å². The molecule has 0 saturated carbocycles. The van der Waals surface area contributed by atoms with Gasteiger partial charge in [-0.2, -0.15) is 5.26 Å². The molecule has 0 aliphatic heterocycles. The molecular weight excluding hydrogens is 252 g/mol. The van der Waals surface area contributed by atoms with Crippen molar-refractivity contribution in [1.29, 1.82) is 5.26 Å². The summed E-state index contributed by atoms with van der Waals surface area (Å²) in [7, 11) is 1.85. The lowest BCUT2D eigenvalue weighted by Crippen LogP contribution is -1.96. The van der Waals surface area contributed by atoms with Crippen LogP contribution in [0.15, 0.2) is 30.5 Å². The molecule has 0 fully saturated rings. The van der Waals surface area contributed by atoms with Crippen LogP contribution in [0.5, 0.6) is 5.75 Å². The number of aromatic nitrogens is 3. The Bertz CT molecular complexity index is 858. The molecule has 1 aromatic carbocycles. The molecule has 0 aliphatic carbocycles. The number of phenols is 1. The maximum Gasteiger partial charge on any atom is 0.145 e. The van der Waals surface area contributed by atoms with Crippen molar-refractivity contribution in [2.24, 2.45) is 7.05 Å². The minimum atomic E-state index is 0.168. The van der Waals surface area contributed by atoms with Gasteiger partial charge in [-0.25, -0.2) is 9.97 Å². The van der Waals surface area contributed by atoms with Gasteiger partial charge in [0.25, 0.3) is 0 Å². The smallest absolute Gasteiger partial charge is 0.145 e. The Hall–Kier alpha value is -2.87. The third-order valence-corrected chi connectivity index (χ3v) is 3.17. The molecule has 0 spiro atoms. The number of hydrogen-bond acceptors (Lipinski definition) is 4. The molecule has 0 amide bonds. The minimum absolute atomic E-state index is 0.168. The zero-order valence-corrected chi connectivity index (χ0v) is 11.1. The molecule has 20 heavy (non-hydrogen) atoms. The molecule has 98 valence electrons. The van der Waals surface area contributed by atoms with Gasteiger partial charge < -0.3 is 9.67 Å². The molecular formula is C15H12N4O. The SMILES string of the molecule is Cc1nc(-c2cccc(O)c2)c2c(C#N)cn(C)c2n1. The van der Waals surface area contributed by atoms with E-state index in [1.807, 2.05) is 24.6 Å². The lowest BCUT2D eigenvalue weighted by Gasteiger charge is -2.06. The number of nitrogens with zero attached hydrogens (tertiary/aromatic N) is 4. The fourth-order valence-corrected chi connectivity index (χ4v) is 2.33. The summed E-state index contributed by atoms with van der Waals surface area (Å²) in [5.74, 6) is 0.794. The topological polar surface area (TPSA) is 74.7 Å². The molecule has 2 heterocycles. The molecule has 1 N–H and O–H groups in total. The number of aromatic hydroxyl groups is 1. The average molecular weight is 264 g/mol. The molecule has 5 nitrogen and oxygen atoms in total. The van der Waals surface area contributed by atoms with Crippen molar-refractivity contribution in [3.05, 3.63) is 41.9 Å². The first kappa shape index (κ1) is 12.2. The van der Waals surface area contributed by atoms with Crippen molar-refractivity contribution in [2.75, 3.05) is 0 Å². The van der Waals surface area contributed by atoms with E-state index in [1.165, 1.54) is 0 Å². The van der Waals surface area contributed by atoms with Gasteiger partial charge >= 0.3 is 0 Å². The van der Waals surface area contributed by atoms with Crippen LogP contribution in [0.25, 0.3) is 22.3 Å². The summed E-state index contributed by atoms with van der Waals surface area (Å²) < 4.78 is 1.81. The van der Waals surface area contributed by atoms with Gasteiger partial charge in [-0.1, -0.05) is 12.1 Å². The first-order valence-electron chi connectivity index (χ1n) is 6.13. The highest BCUT2D eigenvalue weighted by Crippen LogP contribution is 2.31. The summed E-state index contributed by atoms with van der Waals surface area (Å²) >= 11 is 0. The number of nitriles is 1. The van der Waals surface area contributed by atoms with Gasteiger partial charge in [0.1, 0.15) is 23.3 Å². The van der Waals surface area contributed by atoms with E-state index in [4.69, 9.17) is 0 Å². The lowest BCUT2D eigenvalue weighted by molar-refractivity contribution is 0.475. The van der Waals surface area contributed by atoms with E-state index in [2.05, 4.69) is 16.0 Å². The molecule has 3 rings (SSSR count). The van der Waals surface area contributed by atoms with E-state index in [-0.39, 0.29) is 5.75 Å². The molecule has 0 aliphatic rings. The van der Waals surface area contributed by atoms with E-state index in [0.717, 1.165) is 5.56 Å². The number of hydrogen-bond donors (Lipinski definition) is 1. The molecule has 0 bridgehead atoms. The molecule has 0 unspecified atom stereocenters. The van der Waals surface area contributed by atoms with Gasteiger partial charge in [0.15, 0.2) is 0 Å². The Balaban J connectivity index is 2.43. The second-order valence-electron chi connectivity index (χ2n) is 4.63. The Kier molecular flexibility index (Phi) is 2.65. The van der Waals surface area contributed by atoms with Crippen LogP contribution in [0.1, 0.15) is 11.4 Å². The van der Waals surface area contributed by atoms with Crippen molar-refractivity contribution in [1.82, 2.24) is 14.5 Å². The van der Waals surface area contributed by atoms with Crippen molar-refractivity contribution in [3.63, 3.8) is 0 Å². The maximum absolute atomic E-state index is 9.63. The summed E-state index contributed by atoms with van der Waals surface area (Å²) in [6.45, 7) is 1.81. The first-order chi connectivity index (χ1) is 9.60. The normalized spacial score (nSPS) is 10.7. The summed E-state index contributed by atoms with van der Waals surface area (Å²) in [4.78, 5) is 8.84. The van der Waals surface area contributed by atoms with Crippen LogP contribution in [-0.2, 0) is 7.05 Å². The largest absolute Gasteiger partial charge is 0.508 e. The number of fused-ring (bicyclic) bond motifs is 1. The number of rotatable bonds is 1. The summed E-state index contributed by atoms with van der Waals surface area (Å²) in [6.07, 6.45) is 1.74. The van der Waals surface area contributed by atoms with Crippen molar-refractivity contribution < 1.29 is 5.11 Å². The van der Waals surface area contributed by atoms with Crippen molar-refractivity contribution >= 4 is 11.0 Å². The molecule has 0 saturated heterocycles. The number of benzene rings is 1. The van der Waals surface area contributed by atoms with Gasteiger partial charge in [0.2, 0.25) is 0 Å². The monoisotopic (exact) mass is 264 g/mol. The van der Waals surface area contributed by atoms with Crippen LogP contribution in [-0.4, -0.2) is 19.6 Å². The Morgan fingerprint density at radius 2 is 2.10 bits per heavy atom. The quantitative estimate of drug-likeness (QED) is 0.732.